The van der Waals surface area contributed by atoms with Gasteiger partial charge < -0.3 is 4.90 Å². The van der Waals surface area contributed by atoms with Gasteiger partial charge >= 0.3 is 0 Å². The Morgan fingerprint density at radius 2 is 1.63 bits per heavy atom. The molecule has 1 aromatic rings. The van der Waals surface area contributed by atoms with Gasteiger partial charge in [0.25, 0.3) is 0 Å². The lowest BCUT2D eigenvalue weighted by Crippen LogP contribution is -2.50. The third-order valence-electron chi connectivity index (χ3n) is 4.01. The summed E-state index contributed by atoms with van der Waals surface area (Å²) in [5.74, 6) is 0.449. The summed E-state index contributed by atoms with van der Waals surface area (Å²) in [6, 6.07) is 1.79. The molecule has 19 heavy (non-hydrogen) atoms. The predicted molar refractivity (Wildman–Crippen MR) is 68.3 cm³/mol. The van der Waals surface area contributed by atoms with Crippen LogP contribution >= 0.6 is 0 Å². The van der Waals surface area contributed by atoms with Crippen molar-refractivity contribution in [1.82, 2.24) is 15.3 Å². The zero-order valence-electron chi connectivity index (χ0n) is 10.6. The van der Waals surface area contributed by atoms with Gasteiger partial charge in [0.1, 0.15) is 0 Å². The van der Waals surface area contributed by atoms with Crippen molar-refractivity contribution in [1.29, 1.82) is 0 Å². The lowest BCUT2D eigenvalue weighted by molar-refractivity contribution is -0.138. The topological polar surface area (TPSA) is 75.2 Å². The monoisotopic (exact) mass is 260 g/mol. The first-order valence-corrected chi connectivity index (χ1v) is 6.52. The number of aromatic nitrogens is 2. The van der Waals surface area contributed by atoms with E-state index in [1.807, 2.05) is 0 Å². The summed E-state index contributed by atoms with van der Waals surface area (Å²) in [5.41, 5.74) is -0.148. The molecule has 3 heterocycles. The zero-order chi connectivity index (χ0) is 13.3. The number of piperidine rings is 2. The molecular formula is C13H16N4O2. The molecule has 0 bridgehead atoms. The summed E-state index contributed by atoms with van der Waals surface area (Å²) in [6.45, 7) is 1.59. The third-order valence-corrected chi connectivity index (χ3v) is 4.01. The summed E-state index contributed by atoms with van der Waals surface area (Å²) in [5, 5.41) is 2.38. The number of anilines is 1. The van der Waals surface area contributed by atoms with Crippen LogP contribution in [0.15, 0.2) is 18.5 Å². The number of hydrogen-bond donors (Lipinski definition) is 1. The zero-order valence-corrected chi connectivity index (χ0v) is 10.6. The highest BCUT2D eigenvalue weighted by atomic mass is 16.2. The minimum absolute atomic E-state index is 0.138. The van der Waals surface area contributed by atoms with Crippen LogP contribution < -0.4 is 10.2 Å². The molecule has 2 aliphatic rings. The number of nitrogens with one attached hydrogen (secondary N) is 1. The molecule has 0 unspecified atom stereocenters. The molecule has 2 amide bonds. The molecule has 2 fully saturated rings. The lowest BCUT2D eigenvalue weighted by Gasteiger charge is -2.42. The van der Waals surface area contributed by atoms with Crippen LogP contribution in [0.1, 0.15) is 25.7 Å². The quantitative estimate of drug-likeness (QED) is 0.744. The highest BCUT2D eigenvalue weighted by molar-refractivity contribution is 5.98. The summed E-state index contributed by atoms with van der Waals surface area (Å²) in [7, 11) is 0. The van der Waals surface area contributed by atoms with Crippen molar-refractivity contribution in [2.75, 3.05) is 18.0 Å². The van der Waals surface area contributed by atoms with Gasteiger partial charge in [-0.3, -0.25) is 14.9 Å². The Bertz CT molecular complexity index is 477. The fraction of sp³-hybridized carbons (Fsp3) is 0.538. The average Bonchev–Trinajstić information content (AvgIpc) is 2.39. The van der Waals surface area contributed by atoms with Crippen LogP contribution in [0.2, 0.25) is 0 Å². The van der Waals surface area contributed by atoms with E-state index in [1.165, 1.54) is 0 Å². The highest BCUT2D eigenvalue weighted by Crippen LogP contribution is 2.40. The first-order chi connectivity index (χ1) is 9.17. The van der Waals surface area contributed by atoms with E-state index >= 15 is 0 Å². The van der Waals surface area contributed by atoms with Crippen molar-refractivity contribution in [2.45, 2.75) is 25.7 Å². The normalized spacial score (nSPS) is 22.4. The molecule has 6 heteroatoms. The summed E-state index contributed by atoms with van der Waals surface area (Å²) in [6.07, 6.45) is 6.05. The Kier molecular flexibility index (Phi) is 2.93. The molecule has 0 aliphatic carbocycles. The second-order valence-electron chi connectivity index (χ2n) is 5.36. The minimum atomic E-state index is -0.148. The van der Waals surface area contributed by atoms with Gasteiger partial charge in [0, 0.05) is 38.3 Å². The summed E-state index contributed by atoms with van der Waals surface area (Å²) >= 11 is 0. The van der Waals surface area contributed by atoms with Crippen molar-refractivity contribution in [3.05, 3.63) is 18.5 Å². The largest absolute Gasteiger partial charge is 0.341 e. The second kappa shape index (κ2) is 4.60. The molecule has 2 saturated heterocycles. The van der Waals surface area contributed by atoms with Crippen molar-refractivity contribution >= 4 is 17.8 Å². The van der Waals surface area contributed by atoms with Gasteiger partial charge in [0.05, 0.1) is 0 Å². The number of rotatable bonds is 1. The number of amides is 2. The van der Waals surface area contributed by atoms with Crippen LogP contribution in [0.5, 0.6) is 0 Å². The van der Waals surface area contributed by atoms with E-state index in [0.29, 0.717) is 12.8 Å². The molecule has 0 saturated carbocycles. The van der Waals surface area contributed by atoms with E-state index in [1.54, 1.807) is 18.5 Å². The van der Waals surface area contributed by atoms with Gasteiger partial charge in [-0.1, -0.05) is 0 Å². The fourth-order valence-electron chi connectivity index (χ4n) is 2.98. The molecule has 1 spiro atoms. The van der Waals surface area contributed by atoms with Gasteiger partial charge in [-0.2, -0.15) is 0 Å². The Labute approximate surface area is 111 Å². The van der Waals surface area contributed by atoms with Crippen LogP contribution in [-0.2, 0) is 9.59 Å². The number of hydrogen-bond acceptors (Lipinski definition) is 5. The van der Waals surface area contributed by atoms with Crippen molar-refractivity contribution in [3.63, 3.8) is 0 Å². The first-order valence-electron chi connectivity index (χ1n) is 6.52. The highest BCUT2D eigenvalue weighted by Gasteiger charge is 2.42. The van der Waals surface area contributed by atoms with Crippen LogP contribution in [0.25, 0.3) is 0 Å². The van der Waals surface area contributed by atoms with Gasteiger partial charge in [0.2, 0.25) is 17.8 Å². The maximum Gasteiger partial charge on any atom is 0.227 e. The molecule has 1 N–H and O–H groups in total. The van der Waals surface area contributed by atoms with Gasteiger partial charge in [-0.15, -0.1) is 0 Å². The van der Waals surface area contributed by atoms with Gasteiger partial charge in [-0.05, 0) is 24.3 Å². The van der Waals surface area contributed by atoms with Crippen LogP contribution in [0.4, 0.5) is 5.95 Å². The van der Waals surface area contributed by atoms with E-state index in [4.69, 9.17) is 0 Å². The summed E-state index contributed by atoms with van der Waals surface area (Å²) in [4.78, 5) is 33.6. The maximum atomic E-state index is 11.5. The minimum Gasteiger partial charge on any atom is -0.341 e. The third kappa shape index (κ3) is 2.43. The fourth-order valence-corrected chi connectivity index (χ4v) is 2.98. The van der Waals surface area contributed by atoms with E-state index in [9.17, 15) is 9.59 Å². The Morgan fingerprint density at radius 3 is 2.21 bits per heavy atom. The molecule has 1 aromatic heterocycles. The Morgan fingerprint density at radius 1 is 1.05 bits per heavy atom. The molecule has 0 atom stereocenters. The Hall–Kier alpha value is -1.98. The molecule has 2 aliphatic heterocycles. The lowest BCUT2D eigenvalue weighted by atomic mass is 9.71. The van der Waals surface area contributed by atoms with E-state index in [2.05, 4.69) is 20.2 Å². The number of carbonyl (C=O) groups is 2. The van der Waals surface area contributed by atoms with Crippen LogP contribution in [-0.4, -0.2) is 34.9 Å². The van der Waals surface area contributed by atoms with Crippen LogP contribution in [0, 0.1) is 5.41 Å². The van der Waals surface area contributed by atoms with Crippen molar-refractivity contribution in [2.24, 2.45) is 5.41 Å². The maximum absolute atomic E-state index is 11.5. The number of imide groups is 1. The SMILES string of the molecule is O=C1CC2(CCN(c3ncccn3)CC2)CC(=O)N1. The van der Waals surface area contributed by atoms with Gasteiger partial charge in [-0.25, -0.2) is 9.97 Å². The Balaban J connectivity index is 1.69. The van der Waals surface area contributed by atoms with E-state index in [0.717, 1.165) is 31.9 Å². The first kappa shape index (κ1) is 12.1. The molecule has 6 nitrogen and oxygen atoms in total. The molecule has 0 aromatic carbocycles. The second-order valence-corrected chi connectivity index (χ2v) is 5.36. The predicted octanol–water partition coefficient (Wildman–Crippen LogP) is 0.500. The molecule has 100 valence electrons. The van der Waals surface area contributed by atoms with Gasteiger partial charge in [0.15, 0.2) is 0 Å². The smallest absolute Gasteiger partial charge is 0.227 e. The van der Waals surface area contributed by atoms with Crippen molar-refractivity contribution in [3.8, 4) is 0 Å². The summed E-state index contributed by atoms with van der Waals surface area (Å²) < 4.78 is 0. The number of nitrogens with zero attached hydrogens (tertiary/aromatic N) is 3. The van der Waals surface area contributed by atoms with E-state index in [-0.39, 0.29) is 17.2 Å². The molecule has 3 rings (SSSR count). The molecule has 0 radical (unpaired) electrons. The number of carbonyl (C=O) groups excluding carboxylic acids is 2. The molecular weight excluding hydrogens is 244 g/mol. The standard InChI is InChI=1S/C13H16N4O2/c18-10-8-13(9-11(19)16-10)2-6-17(7-3-13)12-14-4-1-5-15-12/h1,4-5H,2-3,6-9H2,(H,16,18,19). The van der Waals surface area contributed by atoms with E-state index < -0.39 is 0 Å². The van der Waals surface area contributed by atoms with Crippen molar-refractivity contribution < 1.29 is 9.59 Å². The van der Waals surface area contributed by atoms with Crippen LogP contribution in [0.3, 0.4) is 0 Å². The average molecular weight is 260 g/mol.